The summed E-state index contributed by atoms with van der Waals surface area (Å²) in [5, 5.41) is -1.24. The Kier molecular flexibility index (Phi) is 5.35. The molecule has 5 nitrogen and oxygen atoms in total. The van der Waals surface area contributed by atoms with Crippen LogP contribution in [0.15, 0.2) is 77.7 Å². The van der Waals surface area contributed by atoms with E-state index in [0.29, 0.717) is 23.5 Å². The fraction of sp³-hybridized carbons (Fsp3) is 0.208. The first-order valence-electron chi connectivity index (χ1n) is 9.60. The largest absolute Gasteiger partial charge is 0.497 e. The molecular formula is C24H22O5S. The lowest BCUT2D eigenvalue weighted by molar-refractivity contribution is 0.0965. The number of benzene rings is 3. The summed E-state index contributed by atoms with van der Waals surface area (Å²) >= 11 is 0. The third-order valence-electron chi connectivity index (χ3n) is 5.59. The van der Waals surface area contributed by atoms with Gasteiger partial charge in [-0.05, 0) is 47.9 Å². The van der Waals surface area contributed by atoms with Crippen molar-refractivity contribution in [1.82, 2.24) is 0 Å². The van der Waals surface area contributed by atoms with Crippen LogP contribution in [0.4, 0.5) is 0 Å². The van der Waals surface area contributed by atoms with Crippen LogP contribution in [0.2, 0.25) is 0 Å². The number of hydrogen-bond donors (Lipinski definition) is 0. The van der Waals surface area contributed by atoms with E-state index in [1.807, 2.05) is 24.3 Å². The summed E-state index contributed by atoms with van der Waals surface area (Å²) in [6, 6.07) is 20.7. The zero-order valence-electron chi connectivity index (χ0n) is 16.7. The first kappa shape index (κ1) is 20.2. The maximum atomic E-state index is 13.6. The average molecular weight is 423 g/mol. The highest BCUT2D eigenvalue weighted by Gasteiger charge is 2.46. The SMILES string of the molecule is COc1ccc(C2Cc3cccc(OC)c3C(=O)C2S(=O)(=O)c2ccccc2)cc1. The molecule has 3 aromatic carbocycles. The van der Waals surface area contributed by atoms with E-state index in [9.17, 15) is 13.2 Å². The molecule has 0 aliphatic heterocycles. The zero-order chi connectivity index (χ0) is 21.3. The summed E-state index contributed by atoms with van der Waals surface area (Å²) in [6.45, 7) is 0. The number of carbonyl (C=O) groups is 1. The van der Waals surface area contributed by atoms with Crippen LogP contribution in [0.1, 0.15) is 27.4 Å². The molecule has 0 heterocycles. The molecule has 2 unspecified atom stereocenters. The van der Waals surface area contributed by atoms with Gasteiger partial charge >= 0.3 is 0 Å². The van der Waals surface area contributed by atoms with Crippen LogP contribution in [0.5, 0.6) is 11.5 Å². The molecule has 0 bridgehead atoms. The van der Waals surface area contributed by atoms with E-state index >= 15 is 0 Å². The van der Waals surface area contributed by atoms with E-state index in [4.69, 9.17) is 9.47 Å². The van der Waals surface area contributed by atoms with Crippen LogP contribution >= 0.6 is 0 Å². The van der Waals surface area contributed by atoms with Gasteiger partial charge in [-0.2, -0.15) is 0 Å². The lowest BCUT2D eigenvalue weighted by atomic mass is 9.78. The first-order valence-corrected chi connectivity index (χ1v) is 11.1. The predicted octanol–water partition coefficient (Wildman–Crippen LogP) is 4.07. The van der Waals surface area contributed by atoms with Crippen LogP contribution in [0.3, 0.4) is 0 Å². The fourth-order valence-corrected chi connectivity index (χ4v) is 6.04. The normalized spacial score (nSPS) is 18.5. The van der Waals surface area contributed by atoms with Gasteiger partial charge in [0, 0.05) is 5.92 Å². The summed E-state index contributed by atoms with van der Waals surface area (Å²) in [5.41, 5.74) is 1.93. The van der Waals surface area contributed by atoms with E-state index in [1.165, 1.54) is 19.2 Å². The highest BCUT2D eigenvalue weighted by atomic mass is 32.2. The van der Waals surface area contributed by atoms with Crippen LogP contribution < -0.4 is 9.47 Å². The Morgan fingerprint density at radius 3 is 2.17 bits per heavy atom. The van der Waals surface area contributed by atoms with E-state index in [-0.39, 0.29) is 4.90 Å². The van der Waals surface area contributed by atoms with Gasteiger partial charge in [0.15, 0.2) is 15.6 Å². The van der Waals surface area contributed by atoms with Crippen LogP contribution in [-0.4, -0.2) is 33.7 Å². The van der Waals surface area contributed by atoms with Crippen LogP contribution in [-0.2, 0) is 16.3 Å². The molecule has 0 spiro atoms. The predicted molar refractivity (Wildman–Crippen MR) is 114 cm³/mol. The molecular weight excluding hydrogens is 400 g/mol. The number of rotatable bonds is 5. The first-order chi connectivity index (χ1) is 14.5. The number of ether oxygens (including phenoxy) is 2. The van der Waals surface area contributed by atoms with E-state index < -0.39 is 26.8 Å². The van der Waals surface area contributed by atoms with Crippen molar-refractivity contribution >= 4 is 15.6 Å². The van der Waals surface area contributed by atoms with Gasteiger partial charge in [0.1, 0.15) is 16.7 Å². The number of methoxy groups -OCH3 is 2. The van der Waals surface area contributed by atoms with Gasteiger partial charge in [0.25, 0.3) is 0 Å². The van der Waals surface area contributed by atoms with Gasteiger partial charge in [-0.15, -0.1) is 0 Å². The van der Waals surface area contributed by atoms with Gasteiger partial charge in [-0.1, -0.05) is 42.5 Å². The van der Waals surface area contributed by atoms with Crippen molar-refractivity contribution in [3.8, 4) is 11.5 Å². The Hall–Kier alpha value is -3.12. The summed E-state index contributed by atoms with van der Waals surface area (Å²) in [6.07, 6.45) is 0.418. The summed E-state index contributed by atoms with van der Waals surface area (Å²) in [4.78, 5) is 13.8. The second-order valence-corrected chi connectivity index (χ2v) is 9.29. The number of carbonyl (C=O) groups excluding carboxylic acids is 1. The topological polar surface area (TPSA) is 69.7 Å². The monoisotopic (exact) mass is 422 g/mol. The molecule has 0 saturated carbocycles. The second-order valence-electron chi connectivity index (χ2n) is 7.22. The Morgan fingerprint density at radius 2 is 1.53 bits per heavy atom. The standard InChI is InChI=1S/C24H22O5S/c1-28-18-13-11-16(12-14-18)20-15-17-7-6-10-21(29-2)22(17)23(25)24(20)30(26,27)19-8-4-3-5-9-19/h3-14,20,24H,15H2,1-2H3. The lowest BCUT2D eigenvalue weighted by Crippen LogP contribution is -2.41. The molecule has 30 heavy (non-hydrogen) atoms. The van der Waals surface area contributed by atoms with Gasteiger partial charge in [0.2, 0.25) is 0 Å². The smallest absolute Gasteiger partial charge is 0.189 e. The molecule has 6 heteroatoms. The Morgan fingerprint density at radius 1 is 0.833 bits per heavy atom. The molecule has 0 N–H and O–H groups in total. The highest BCUT2D eigenvalue weighted by Crippen LogP contribution is 2.41. The van der Waals surface area contributed by atoms with Gasteiger partial charge < -0.3 is 9.47 Å². The average Bonchev–Trinajstić information content (AvgIpc) is 2.79. The zero-order valence-corrected chi connectivity index (χ0v) is 17.6. The van der Waals surface area contributed by atoms with Crippen molar-refractivity contribution in [1.29, 1.82) is 0 Å². The van der Waals surface area contributed by atoms with Crippen molar-refractivity contribution < 1.29 is 22.7 Å². The fourth-order valence-electron chi connectivity index (χ4n) is 4.12. The number of sulfone groups is 1. The second kappa shape index (κ2) is 7.95. The van der Waals surface area contributed by atoms with Crippen LogP contribution in [0, 0.1) is 0 Å². The number of fused-ring (bicyclic) bond motifs is 1. The minimum Gasteiger partial charge on any atom is -0.497 e. The molecule has 154 valence electrons. The molecule has 2 atom stereocenters. The Bertz CT molecular complexity index is 1170. The minimum absolute atomic E-state index is 0.139. The van der Waals surface area contributed by atoms with Crippen molar-refractivity contribution in [2.75, 3.05) is 14.2 Å². The molecule has 4 rings (SSSR count). The third kappa shape index (κ3) is 3.37. The van der Waals surface area contributed by atoms with Crippen molar-refractivity contribution in [3.05, 3.63) is 89.5 Å². The minimum atomic E-state index is -3.93. The lowest BCUT2D eigenvalue weighted by Gasteiger charge is -2.32. The molecule has 1 aliphatic carbocycles. The summed E-state index contributed by atoms with van der Waals surface area (Å²) < 4.78 is 37.9. The van der Waals surface area contributed by atoms with E-state index in [1.54, 1.807) is 43.5 Å². The molecule has 0 fully saturated rings. The number of ketones is 1. The van der Waals surface area contributed by atoms with Crippen molar-refractivity contribution in [2.24, 2.45) is 0 Å². The Labute approximate surface area is 176 Å². The maximum absolute atomic E-state index is 13.6. The van der Waals surface area contributed by atoms with E-state index in [2.05, 4.69) is 0 Å². The molecule has 0 amide bonds. The number of Topliss-reactive ketones (excluding diaryl/α,β-unsaturated/α-hetero) is 1. The van der Waals surface area contributed by atoms with Crippen LogP contribution in [0.25, 0.3) is 0 Å². The van der Waals surface area contributed by atoms with Gasteiger partial charge in [-0.3, -0.25) is 4.79 Å². The summed E-state index contributed by atoms with van der Waals surface area (Å²) in [7, 11) is -0.869. The number of hydrogen-bond acceptors (Lipinski definition) is 5. The maximum Gasteiger partial charge on any atom is 0.189 e. The molecule has 3 aromatic rings. The van der Waals surface area contributed by atoms with E-state index in [0.717, 1.165) is 11.1 Å². The molecule has 0 radical (unpaired) electrons. The van der Waals surface area contributed by atoms with Crippen molar-refractivity contribution in [3.63, 3.8) is 0 Å². The quantitative estimate of drug-likeness (QED) is 0.620. The third-order valence-corrected chi connectivity index (χ3v) is 7.73. The highest BCUT2D eigenvalue weighted by molar-refractivity contribution is 7.93. The molecule has 0 aromatic heterocycles. The van der Waals surface area contributed by atoms with Gasteiger partial charge in [-0.25, -0.2) is 8.42 Å². The molecule has 1 aliphatic rings. The molecule has 0 saturated heterocycles. The van der Waals surface area contributed by atoms with Gasteiger partial charge in [0.05, 0.1) is 24.7 Å². The van der Waals surface area contributed by atoms with Crippen molar-refractivity contribution in [2.45, 2.75) is 22.5 Å². The Balaban J connectivity index is 1.91. The summed E-state index contributed by atoms with van der Waals surface area (Å²) in [5.74, 6) is 0.121.